The molecule has 0 aliphatic carbocycles. The van der Waals surface area contributed by atoms with Crippen LogP contribution in [0.2, 0.25) is 0 Å². The van der Waals surface area contributed by atoms with Crippen LogP contribution in [0.25, 0.3) is 0 Å². The lowest BCUT2D eigenvalue weighted by atomic mass is 9.79. The van der Waals surface area contributed by atoms with E-state index in [1.807, 2.05) is 6.07 Å². The van der Waals surface area contributed by atoms with E-state index < -0.39 is 11.4 Å². The van der Waals surface area contributed by atoms with Crippen molar-refractivity contribution in [3.8, 4) is 6.07 Å². The Morgan fingerprint density at radius 1 is 1.44 bits per heavy atom. The van der Waals surface area contributed by atoms with Gasteiger partial charge in [0.25, 0.3) is 0 Å². The summed E-state index contributed by atoms with van der Waals surface area (Å²) in [6.45, 7) is 1.37. The van der Waals surface area contributed by atoms with Crippen LogP contribution in [0.3, 0.4) is 0 Å². The predicted molar refractivity (Wildman–Crippen MR) is 57.8 cm³/mol. The smallest absolute Gasteiger partial charge is 0.313 e. The largest absolute Gasteiger partial charge is 0.481 e. The van der Waals surface area contributed by atoms with Crippen LogP contribution in [-0.4, -0.2) is 22.8 Å². The van der Waals surface area contributed by atoms with Gasteiger partial charge in [0, 0.05) is 6.61 Å². The predicted octanol–water partition coefficient (Wildman–Crippen LogP) is 1.28. The van der Waals surface area contributed by atoms with E-state index in [9.17, 15) is 4.79 Å². The van der Waals surface area contributed by atoms with Gasteiger partial charge >= 0.3 is 5.97 Å². The molecule has 0 saturated heterocycles. The van der Waals surface area contributed by atoms with E-state index in [-0.39, 0.29) is 13.0 Å². The average molecular weight is 219 g/mol. The Kier molecular flexibility index (Phi) is 3.64. The Hall–Kier alpha value is -1.86. The number of carboxylic acids is 1. The number of benzene rings is 1. The summed E-state index contributed by atoms with van der Waals surface area (Å²) in [7, 11) is 0. The van der Waals surface area contributed by atoms with Gasteiger partial charge in [0.05, 0.1) is 17.0 Å². The first-order valence-corrected chi connectivity index (χ1v) is 4.89. The SMILES string of the molecule is CC(CCO)(C(=O)O)c1ccc(C#N)cc1. The maximum Gasteiger partial charge on any atom is 0.313 e. The fraction of sp³-hybridized carbons (Fsp3) is 0.333. The van der Waals surface area contributed by atoms with Crippen molar-refractivity contribution >= 4 is 5.97 Å². The Balaban J connectivity index is 3.12. The van der Waals surface area contributed by atoms with Crippen molar-refractivity contribution in [2.24, 2.45) is 0 Å². The van der Waals surface area contributed by atoms with Crippen molar-refractivity contribution in [1.82, 2.24) is 0 Å². The van der Waals surface area contributed by atoms with E-state index in [1.54, 1.807) is 31.2 Å². The van der Waals surface area contributed by atoms with E-state index in [1.165, 1.54) is 0 Å². The first kappa shape index (κ1) is 12.2. The van der Waals surface area contributed by atoms with Gasteiger partial charge in [-0.25, -0.2) is 0 Å². The molecule has 0 spiro atoms. The molecule has 1 aromatic carbocycles. The number of carboxylic acid groups (broad SMARTS) is 1. The molecule has 1 rings (SSSR count). The van der Waals surface area contributed by atoms with Crippen LogP contribution < -0.4 is 0 Å². The van der Waals surface area contributed by atoms with Crippen LogP contribution >= 0.6 is 0 Å². The molecule has 1 atom stereocenters. The molecule has 0 radical (unpaired) electrons. The van der Waals surface area contributed by atoms with Crippen molar-refractivity contribution in [3.05, 3.63) is 35.4 Å². The number of hydrogen-bond donors (Lipinski definition) is 2. The first-order valence-electron chi connectivity index (χ1n) is 4.89. The summed E-state index contributed by atoms with van der Waals surface area (Å²) in [5, 5.41) is 26.7. The Morgan fingerprint density at radius 2 is 2.00 bits per heavy atom. The van der Waals surface area contributed by atoms with Gasteiger partial charge in [-0.15, -0.1) is 0 Å². The van der Waals surface area contributed by atoms with Crippen LogP contribution in [-0.2, 0) is 10.2 Å². The summed E-state index contributed by atoms with van der Waals surface area (Å²) in [5.74, 6) is -0.980. The molecule has 16 heavy (non-hydrogen) atoms. The van der Waals surface area contributed by atoms with Gasteiger partial charge in [0.1, 0.15) is 0 Å². The van der Waals surface area contributed by atoms with E-state index >= 15 is 0 Å². The van der Waals surface area contributed by atoms with E-state index in [0.717, 1.165) is 0 Å². The number of carbonyl (C=O) groups is 1. The minimum absolute atomic E-state index is 0.147. The van der Waals surface area contributed by atoms with Gasteiger partial charge in [-0.2, -0.15) is 5.26 Å². The molecule has 1 unspecified atom stereocenters. The van der Waals surface area contributed by atoms with Crippen molar-refractivity contribution in [3.63, 3.8) is 0 Å². The van der Waals surface area contributed by atoms with Crippen LogP contribution in [0.5, 0.6) is 0 Å². The van der Waals surface area contributed by atoms with Gasteiger partial charge < -0.3 is 10.2 Å². The zero-order chi connectivity index (χ0) is 12.2. The molecule has 0 fully saturated rings. The first-order chi connectivity index (χ1) is 7.54. The fourth-order valence-corrected chi connectivity index (χ4v) is 1.51. The highest BCUT2D eigenvalue weighted by atomic mass is 16.4. The van der Waals surface area contributed by atoms with Gasteiger partial charge in [-0.05, 0) is 31.0 Å². The number of aliphatic carboxylic acids is 1. The van der Waals surface area contributed by atoms with Crippen molar-refractivity contribution < 1.29 is 15.0 Å². The molecule has 0 aromatic heterocycles. The highest BCUT2D eigenvalue weighted by Gasteiger charge is 2.34. The normalized spacial score (nSPS) is 13.8. The third kappa shape index (κ3) is 2.20. The summed E-state index contributed by atoms with van der Waals surface area (Å²) >= 11 is 0. The molecule has 0 aliphatic heterocycles. The van der Waals surface area contributed by atoms with Crippen molar-refractivity contribution in [1.29, 1.82) is 5.26 Å². The molecule has 0 aliphatic rings. The van der Waals surface area contributed by atoms with Gasteiger partial charge in [-0.1, -0.05) is 12.1 Å². The standard InChI is InChI=1S/C12H13NO3/c1-12(6-7-14,11(15)16)10-4-2-9(8-13)3-5-10/h2-5,14H,6-7H2,1H3,(H,15,16). The number of hydrogen-bond acceptors (Lipinski definition) is 3. The van der Waals surface area contributed by atoms with E-state index in [2.05, 4.69) is 0 Å². The Bertz CT molecular complexity index is 419. The van der Waals surface area contributed by atoms with Crippen LogP contribution in [0.1, 0.15) is 24.5 Å². The van der Waals surface area contributed by atoms with E-state index in [4.69, 9.17) is 15.5 Å². The van der Waals surface area contributed by atoms with Crippen molar-refractivity contribution in [2.75, 3.05) is 6.61 Å². The molecule has 4 nitrogen and oxygen atoms in total. The lowest BCUT2D eigenvalue weighted by Gasteiger charge is -2.24. The average Bonchev–Trinajstić information content (AvgIpc) is 2.29. The molecular formula is C12H13NO3. The maximum absolute atomic E-state index is 11.2. The summed E-state index contributed by atoms with van der Waals surface area (Å²) in [6, 6.07) is 8.35. The molecule has 0 amide bonds. The van der Waals surface area contributed by atoms with Crippen LogP contribution in [0, 0.1) is 11.3 Å². The number of nitriles is 1. The zero-order valence-corrected chi connectivity index (χ0v) is 8.97. The summed E-state index contributed by atoms with van der Waals surface area (Å²) in [6.07, 6.45) is 0.147. The highest BCUT2D eigenvalue weighted by molar-refractivity contribution is 5.80. The Morgan fingerprint density at radius 3 is 2.38 bits per heavy atom. The number of nitrogens with zero attached hydrogens (tertiary/aromatic N) is 1. The Labute approximate surface area is 93.8 Å². The molecule has 4 heteroatoms. The van der Waals surface area contributed by atoms with Crippen LogP contribution in [0.4, 0.5) is 0 Å². The second-order valence-electron chi connectivity index (χ2n) is 3.80. The number of aliphatic hydroxyl groups is 1. The third-order valence-electron chi connectivity index (χ3n) is 2.73. The second-order valence-corrected chi connectivity index (χ2v) is 3.80. The van der Waals surface area contributed by atoms with Gasteiger partial charge in [-0.3, -0.25) is 4.79 Å². The molecule has 2 N–H and O–H groups in total. The highest BCUT2D eigenvalue weighted by Crippen LogP contribution is 2.27. The molecule has 1 aromatic rings. The van der Waals surface area contributed by atoms with Gasteiger partial charge in [0.15, 0.2) is 0 Å². The quantitative estimate of drug-likeness (QED) is 0.799. The second kappa shape index (κ2) is 4.77. The molecule has 84 valence electrons. The van der Waals surface area contributed by atoms with E-state index in [0.29, 0.717) is 11.1 Å². The lowest BCUT2D eigenvalue weighted by Crippen LogP contribution is -2.33. The molecule has 0 bridgehead atoms. The minimum Gasteiger partial charge on any atom is -0.481 e. The summed E-state index contributed by atoms with van der Waals surface area (Å²) < 4.78 is 0. The monoisotopic (exact) mass is 219 g/mol. The number of aliphatic hydroxyl groups excluding tert-OH is 1. The molecule has 0 heterocycles. The zero-order valence-electron chi connectivity index (χ0n) is 8.97. The molecule has 0 saturated carbocycles. The third-order valence-corrected chi connectivity index (χ3v) is 2.73. The fourth-order valence-electron chi connectivity index (χ4n) is 1.51. The van der Waals surface area contributed by atoms with Crippen LogP contribution in [0.15, 0.2) is 24.3 Å². The number of rotatable bonds is 4. The molecular weight excluding hydrogens is 206 g/mol. The summed E-state index contributed by atoms with van der Waals surface area (Å²) in [4.78, 5) is 11.2. The minimum atomic E-state index is -1.11. The van der Waals surface area contributed by atoms with Crippen molar-refractivity contribution in [2.45, 2.75) is 18.8 Å². The summed E-state index contributed by atoms with van der Waals surface area (Å²) in [5.41, 5.74) is -0.0310. The van der Waals surface area contributed by atoms with Gasteiger partial charge in [0.2, 0.25) is 0 Å². The lowest BCUT2D eigenvalue weighted by molar-refractivity contribution is -0.143. The maximum atomic E-state index is 11.2. The topological polar surface area (TPSA) is 81.3 Å².